The number of carbonyl (C=O) groups is 6. The van der Waals surface area contributed by atoms with Crippen LogP contribution in [0.5, 0.6) is 5.75 Å². The van der Waals surface area contributed by atoms with Crippen LogP contribution in [-0.4, -0.2) is 90.8 Å². The number of aliphatic hydroxyl groups excluding tert-OH is 1. The van der Waals surface area contributed by atoms with Gasteiger partial charge in [0.1, 0.15) is 31.4 Å². The minimum Gasteiger partial charge on any atom is -0.505 e. The Balaban J connectivity index is 0.00000112. The van der Waals surface area contributed by atoms with Gasteiger partial charge in [-0.25, -0.2) is 0 Å². The maximum absolute atomic E-state index is 13.4. The molecule has 2 aromatic rings. The quantitative estimate of drug-likeness (QED) is 0.309. The van der Waals surface area contributed by atoms with Crippen molar-refractivity contribution in [2.75, 3.05) is 36.5 Å². The lowest BCUT2D eigenvalue weighted by molar-refractivity contribution is -0.141. The molecule has 5 rings (SSSR count). The molecule has 0 aliphatic carbocycles. The molecule has 3 aliphatic heterocycles. The second-order valence-corrected chi connectivity index (χ2v) is 12.6. The highest BCUT2D eigenvalue weighted by atomic mass is 35.5. The monoisotopic (exact) mass is 770 g/mol. The van der Waals surface area contributed by atoms with Crippen molar-refractivity contribution in [1.29, 1.82) is 0 Å². The van der Waals surface area contributed by atoms with Crippen LogP contribution in [0.15, 0.2) is 36.4 Å². The maximum atomic E-state index is 13.4. The average molecular weight is 772 g/mol. The second kappa shape index (κ2) is 21.2. The van der Waals surface area contributed by atoms with Gasteiger partial charge in [0.25, 0.3) is 17.7 Å². The number of carbonyl (C=O) groups excluding carboxylic acids is 6. The first-order valence-electron chi connectivity index (χ1n) is 15.5. The number of fused-ring (bicyclic) bond motifs is 1. The standard InChI is InChI=1S/C21H20Cl2N4O6.2C6H10O2.3CH4/c1-24-17(29)9-27-16-5-3-2-4-15(16)26(18(30)10-28)8-14(21(27)33)25-20(32)11-6-12(22)19(31)13(23)7-11;2*1-4-3-6(7)8-5(4)2;;;/h2-7,14,28,31H,8-10H2,1H3,(H,24,29)(H,25,32);2*4-5H,3H2,1-2H3;3*1H4/t14-;2*4-,5?;;;/m000.../s1. The highest BCUT2D eigenvalue weighted by Crippen LogP contribution is 2.34. The number of cyclic esters (lactones) is 2. The molecule has 4 amide bonds. The van der Waals surface area contributed by atoms with Crippen LogP contribution < -0.4 is 20.4 Å². The van der Waals surface area contributed by atoms with E-state index in [9.17, 15) is 39.0 Å². The van der Waals surface area contributed by atoms with E-state index in [4.69, 9.17) is 32.7 Å². The number of likely N-dealkylation sites (N-methyl/N-ethyl adjacent to an activating group) is 1. The molecule has 5 atom stereocenters. The van der Waals surface area contributed by atoms with Crippen LogP contribution in [0.3, 0.4) is 0 Å². The summed E-state index contributed by atoms with van der Waals surface area (Å²) in [6, 6.07) is 7.45. The van der Waals surface area contributed by atoms with Crippen LogP contribution in [0.4, 0.5) is 11.4 Å². The average Bonchev–Trinajstić information content (AvgIpc) is 3.49. The fourth-order valence-electron chi connectivity index (χ4n) is 4.94. The van der Waals surface area contributed by atoms with Crippen molar-refractivity contribution in [3.8, 4) is 5.75 Å². The molecule has 0 radical (unpaired) electrons. The van der Waals surface area contributed by atoms with Gasteiger partial charge in [-0.15, -0.1) is 0 Å². The van der Waals surface area contributed by atoms with Crippen LogP contribution in [0, 0.1) is 11.8 Å². The van der Waals surface area contributed by atoms with E-state index in [2.05, 4.69) is 10.6 Å². The topological polar surface area (TPSA) is 192 Å². The maximum Gasteiger partial charge on any atom is 0.306 e. The number of amides is 4. The van der Waals surface area contributed by atoms with Crippen molar-refractivity contribution in [1.82, 2.24) is 10.6 Å². The highest BCUT2D eigenvalue weighted by Gasteiger charge is 2.37. The molecule has 2 unspecified atom stereocenters. The number of hydrogen-bond acceptors (Lipinski definition) is 10. The summed E-state index contributed by atoms with van der Waals surface area (Å²) >= 11 is 11.8. The van der Waals surface area contributed by atoms with Crippen molar-refractivity contribution in [2.24, 2.45) is 11.8 Å². The van der Waals surface area contributed by atoms with E-state index >= 15 is 0 Å². The zero-order chi connectivity index (χ0) is 36.6. The van der Waals surface area contributed by atoms with Crippen molar-refractivity contribution >= 4 is 70.1 Å². The van der Waals surface area contributed by atoms with Crippen molar-refractivity contribution in [3.05, 3.63) is 52.0 Å². The fourth-order valence-corrected chi connectivity index (χ4v) is 5.43. The predicted molar refractivity (Wildman–Crippen MR) is 201 cm³/mol. The van der Waals surface area contributed by atoms with E-state index in [1.807, 2.05) is 27.7 Å². The normalized spacial score (nSPS) is 21.4. The molecule has 3 aliphatic rings. The second-order valence-electron chi connectivity index (χ2n) is 11.8. The van der Waals surface area contributed by atoms with E-state index in [-0.39, 0.29) is 80.8 Å². The van der Waals surface area contributed by atoms with Gasteiger partial charge in [0.2, 0.25) is 5.91 Å². The number of rotatable bonds is 5. The summed E-state index contributed by atoms with van der Waals surface area (Å²) < 4.78 is 9.67. The summed E-state index contributed by atoms with van der Waals surface area (Å²) in [5.41, 5.74) is 0.525. The third kappa shape index (κ3) is 12.1. The fraction of sp³-hybridized carbons (Fsp3) is 0.500. The van der Waals surface area contributed by atoms with E-state index in [0.29, 0.717) is 30.4 Å². The van der Waals surface area contributed by atoms with E-state index in [0.717, 1.165) is 4.90 Å². The molecule has 290 valence electrons. The number of benzene rings is 2. The number of aliphatic hydroxyl groups is 1. The Kier molecular flexibility index (Phi) is 19.4. The molecule has 16 heteroatoms. The van der Waals surface area contributed by atoms with Gasteiger partial charge < -0.3 is 35.2 Å². The molecule has 2 saturated heterocycles. The molecule has 0 aromatic heterocycles. The Morgan fingerprint density at radius 3 is 1.73 bits per heavy atom. The number of aromatic hydroxyl groups is 1. The predicted octanol–water partition coefficient (Wildman–Crippen LogP) is 4.74. The van der Waals surface area contributed by atoms with Crippen LogP contribution in [0.25, 0.3) is 0 Å². The number of phenols is 1. The summed E-state index contributed by atoms with van der Waals surface area (Å²) in [5, 5.41) is 23.8. The lowest BCUT2D eigenvalue weighted by Gasteiger charge is -2.24. The molecule has 14 nitrogen and oxygen atoms in total. The van der Waals surface area contributed by atoms with Crippen LogP contribution in [0.2, 0.25) is 10.0 Å². The summed E-state index contributed by atoms with van der Waals surface area (Å²) in [4.78, 5) is 74.1. The third-order valence-corrected chi connectivity index (χ3v) is 8.78. The Bertz CT molecular complexity index is 1510. The summed E-state index contributed by atoms with van der Waals surface area (Å²) in [6.07, 6.45) is 1.48. The summed E-state index contributed by atoms with van der Waals surface area (Å²) in [7, 11) is 1.41. The van der Waals surface area contributed by atoms with Crippen LogP contribution >= 0.6 is 23.2 Å². The van der Waals surface area contributed by atoms with Crippen LogP contribution in [-0.2, 0) is 33.4 Å². The van der Waals surface area contributed by atoms with E-state index in [1.54, 1.807) is 24.3 Å². The first-order valence-corrected chi connectivity index (χ1v) is 16.2. The summed E-state index contributed by atoms with van der Waals surface area (Å²) in [6.45, 7) is 6.40. The number of para-hydroxylation sites is 2. The Morgan fingerprint density at radius 2 is 1.35 bits per heavy atom. The molecule has 4 N–H and O–H groups in total. The van der Waals surface area contributed by atoms with Crippen LogP contribution in [0.1, 0.15) is 73.2 Å². The molecular weight excluding hydrogens is 719 g/mol. The highest BCUT2D eigenvalue weighted by molar-refractivity contribution is 6.37. The smallest absolute Gasteiger partial charge is 0.306 e. The van der Waals surface area contributed by atoms with Crippen molar-refractivity contribution in [3.63, 3.8) is 0 Å². The largest absolute Gasteiger partial charge is 0.505 e. The van der Waals surface area contributed by atoms with Gasteiger partial charge in [-0.05, 0) is 38.1 Å². The molecule has 52 heavy (non-hydrogen) atoms. The molecule has 0 bridgehead atoms. The number of nitrogens with zero attached hydrogens (tertiary/aromatic N) is 2. The van der Waals surface area contributed by atoms with E-state index < -0.39 is 42.0 Å². The van der Waals surface area contributed by atoms with Crippen molar-refractivity contribution < 1.29 is 48.5 Å². The molecular formula is C36H52Cl2N4O10. The molecule has 2 fully saturated rings. The van der Waals surface area contributed by atoms with Gasteiger partial charge in [-0.3, -0.25) is 33.7 Å². The summed E-state index contributed by atoms with van der Waals surface area (Å²) in [5.74, 6) is -2.23. The lowest BCUT2D eigenvalue weighted by atomic mass is 10.1. The molecule has 0 saturated carbocycles. The number of ether oxygens (including phenoxy) is 2. The Hall–Kier alpha value is -4.40. The lowest BCUT2D eigenvalue weighted by Crippen LogP contribution is -2.54. The third-order valence-electron chi connectivity index (χ3n) is 8.21. The van der Waals surface area contributed by atoms with Gasteiger partial charge in [-0.2, -0.15) is 0 Å². The minimum atomic E-state index is -1.28. The zero-order valence-electron chi connectivity index (χ0n) is 27.7. The van der Waals surface area contributed by atoms with Gasteiger partial charge in [0.05, 0.1) is 40.8 Å². The molecule has 3 heterocycles. The van der Waals surface area contributed by atoms with Gasteiger partial charge in [0, 0.05) is 24.4 Å². The first-order chi connectivity index (χ1) is 23.1. The van der Waals surface area contributed by atoms with Gasteiger partial charge in [-0.1, -0.05) is 71.5 Å². The number of anilines is 2. The number of phenolic OH excluding ortho intramolecular Hbond substituents is 1. The van der Waals surface area contributed by atoms with Crippen molar-refractivity contribution in [2.45, 2.75) is 81.1 Å². The van der Waals surface area contributed by atoms with Gasteiger partial charge in [0.15, 0.2) is 5.75 Å². The zero-order valence-corrected chi connectivity index (χ0v) is 29.2. The Morgan fingerprint density at radius 1 is 0.865 bits per heavy atom. The number of esters is 2. The van der Waals surface area contributed by atoms with Gasteiger partial charge >= 0.3 is 11.9 Å². The first kappa shape index (κ1) is 47.6. The Labute approximate surface area is 315 Å². The number of nitrogens with one attached hydrogen (secondary N) is 2. The molecule has 2 aromatic carbocycles. The minimum absolute atomic E-state index is 0. The molecule has 0 spiro atoms. The number of hydrogen-bond donors (Lipinski definition) is 4. The van der Waals surface area contributed by atoms with E-state index in [1.165, 1.54) is 24.1 Å². The number of halogens is 2. The SMILES string of the molecule is C.C.C.CC1OC(=O)C[C@@H]1C.CC1OC(=O)C[C@@H]1C.CNC(=O)CN1C(=O)[C@@H](NC(=O)c2cc(Cl)c(O)c(Cl)c2)CN(C(=O)CO)c2ccccc21.